The van der Waals surface area contributed by atoms with Crippen LogP contribution in [0.3, 0.4) is 0 Å². The third kappa shape index (κ3) is 4.69. The van der Waals surface area contributed by atoms with Crippen LogP contribution < -0.4 is 0 Å². The van der Waals surface area contributed by atoms with E-state index in [1.807, 2.05) is 14.1 Å². The molecule has 0 spiro atoms. The van der Waals surface area contributed by atoms with Gasteiger partial charge in [-0.3, -0.25) is 9.69 Å². The van der Waals surface area contributed by atoms with E-state index in [1.165, 1.54) is 11.3 Å². The molecule has 1 unspecified atom stereocenters. The molecule has 1 atom stereocenters. The van der Waals surface area contributed by atoms with Crippen LogP contribution in [0.1, 0.15) is 23.5 Å². The summed E-state index contributed by atoms with van der Waals surface area (Å²) in [7, 11) is 4.09. The molecule has 0 N–H and O–H groups in total. The Morgan fingerprint density at radius 3 is 2.56 bits per heavy atom. The molecular formula is C13H21ClN2OS. The zero-order valence-electron chi connectivity index (χ0n) is 11.4. The van der Waals surface area contributed by atoms with Gasteiger partial charge in [-0.15, -0.1) is 11.3 Å². The van der Waals surface area contributed by atoms with E-state index in [0.29, 0.717) is 16.9 Å². The van der Waals surface area contributed by atoms with Gasteiger partial charge in [0.15, 0.2) is 5.78 Å². The summed E-state index contributed by atoms with van der Waals surface area (Å²) < 4.78 is 0.669. The summed E-state index contributed by atoms with van der Waals surface area (Å²) in [6.07, 6.45) is 0. The molecule has 1 aromatic rings. The van der Waals surface area contributed by atoms with Crippen molar-refractivity contribution in [3.05, 3.63) is 21.3 Å². The third-order valence-electron chi connectivity index (χ3n) is 2.85. The smallest absolute Gasteiger partial charge is 0.186 e. The van der Waals surface area contributed by atoms with Crippen molar-refractivity contribution in [2.75, 3.05) is 33.7 Å². The maximum atomic E-state index is 12.1. The summed E-state index contributed by atoms with van der Waals surface area (Å²) in [5.41, 5.74) is 0. The quantitative estimate of drug-likeness (QED) is 0.721. The van der Waals surface area contributed by atoms with Crippen LogP contribution in [0.15, 0.2) is 12.1 Å². The predicted molar refractivity (Wildman–Crippen MR) is 78.9 cm³/mol. The van der Waals surface area contributed by atoms with Crippen molar-refractivity contribution < 1.29 is 4.79 Å². The van der Waals surface area contributed by atoms with Crippen molar-refractivity contribution in [3.63, 3.8) is 0 Å². The highest BCUT2D eigenvalue weighted by molar-refractivity contribution is 7.18. The maximum Gasteiger partial charge on any atom is 0.186 e. The SMILES string of the molecule is CCN(CC(=O)c1ccc(Cl)s1)C(C)CN(C)C. The van der Waals surface area contributed by atoms with Gasteiger partial charge in [0.25, 0.3) is 0 Å². The Labute approximate surface area is 118 Å². The van der Waals surface area contributed by atoms with Crippen LogP contribution >= 0.6 is 22.9 Å². The molecular weight excluding hydrogens is 268 g/mol. The van der Waals surface area contributed by atoms with E-state index in [0.717, 1.165) is 18.0 Å². The standard InChI is InChI=1S/C13H21ClN2OS/c1-5-16(10(2)8-15(3)4)9-11(17)12-6-7-13(14)18-12/h6-7,10H,5,8-9H2,1-4H3. The Balaban J connectivity index is 2.60. The Kier molecular flexibility index (Phi) is 6.29. The number of hydrogen-bond donors (Lipinski definition) is 0. The number of likely N-dealkylation sites (N-methyl/N-ethyl adjacent to an activating group) is 2. The molecule has 0 aliphatic heterocycles. The van der Waals surface area contributed by atoms with E-state index in [9.17, 15) is 4.79 Å². The lowest BCUT2D eigenvalue weighted by atomic mass is 10.2. The number of carbonyl (C=O) groups is 1. The van der Waals surface area contributed by atoms with Gasteiger partial charge in [-0.05, 0) is 39.7 Å². The van der Waals surface area contributed by atoms with Crippen molar-refractivity contribution in [2.45, 2.75) is 19.9 Å². The molecule has 0 saturated heterocycles. The van der Waals surface area contributed by atoms with Crippen LogP contribution in [-0.2, 0) is 0 Å². The van der Waals surface area contributed by atoms with Crippen molar-refractivity contribution in [1.82, 2.24) is 9.80 Å². The van der Waals surface area contributed by atoms with Crippen LogP contribution in [0.2, 0.25) is 4.34 Å². The summed E-state index contributed by atoms with van der Waals surface area (Å²) in [5, 5.41) is 0. The van der Waals surface area contributed by atoms with E-state index >= 15 is 0 Å². The molecule has 0 amide bonds. The fraction of sp³-hybridized carbons (Fsp3) is 0.615. The van der Waals surface area contributed by atoms with Gasteiger partial charge in [0.05, 0.1) is 15.8 Å². The highest BCUT2D eigenvalue weighted by Crippen LogP contribution is 2.22. The summed E-state index contributed by atoms with van der Waals surface area (Å²) in [6.45, 7) is 6.52. The largest absolute Gasteiger partial charge is 0.308 e. The molecule has 0 aromatic carbocycles. The zero-order chi connectivity index (χ0) is 13.7. The first kappa shape index (κ1) is 15.6. The van der Waals surface area contributed by atoms with Crippen LogP contribution in [0.5, 0.6) is 0 Å². The number of ketones is 1. The fourth-order valence-corrected chi connectivity index (χ4v) is 2.92. The van der Waals surface area contributed by atoms with Gasteiger partial charge in [-0.2, -0.15) is 0 Å². The average molecular weight is 289 g/mol. The van der Waals surface area contributed by atoms with Gasteiger partial charge < -0.3 is 4.90 Å². The first-order valence-corrected chi connectivity index (χ1v) is 7.30. The number of nitrogens with zero attached hydrogens (tertiary/aromatic N) is 2. The number of carbonyl (C=O) groups excluding carboxylic acids is 1. The lowest BCUT2D eigenvalue weighted by Gasteiger charge is -2.29. The number of Topliss-reactive ketones (excluding diaryl/α,β-unsaturated/α-hetero) is 1. The molecule has 1 aromatic heterocycles. The topological polar surface area (TPSA) is 23.6 Å². The fourth-order valence-electron chi connectivity index (χ4n) is 1.95. The molecule has 0 bridgehead atoms. The van der Waals surface area contributed by atoms with E-state index in [2.05, 4.69) is 23.6 Å². The highest BCUT2D eigenvalue weighted by atomic mass is 35.5. The van der Waals surface area contributed by atoms with Gasteiger partial charge in [0.1, 0.15) is 0 Å². The monoisotopic (exact) mass is 288 g/mol. The molecule has 0 saturated carbocycles. The van der Waals surface area contributed by atoms with Gasteiger partial charge in [0, 0.05) is 12.6 Å². The van der Waals surface area contributed by atoms with Crippen molar-refractivity contribution in [1.29, 1.82) is 0 Å². The van der Waals surface area contributed by atoms with Crippen LogP contribution in [0.25, 0.3) is 0 Å². The molecule has 3 nitrogen and oxygen atoms in total. The minimum Gasteiger partial charge on any atom is -0.308 e. The van der Waals surface area contributed by atoms with E-state index < -0.39 is 0 Å². The van der Waals surface area contributed by atoms with Crippen molar-refractivity contribution in [3.8, 4) is 0 Å². The average Bonchev–Trinajstić information content (AvgIpc) is 2.71. The molecule has 0 fully saturated rings. The van der Waals surface area contributed by atoms with Gasteiger partial charge in [-0.25, -0.2) is 0 Å². The Morgan fingerprint density at radius 1 is 1.44 bits per heavy atom. The molecule has 0 aliphatic rings. The van der Waals surface area contributed by atoms with Gasteiger partial charge in [0.2, 0.25) is 0 Å². The summed E-state index contributed by atoms with van der Waals surface area (Å²) in [6, 6.07) is 3.95. The lowest BCUT2D eigenvalue weighted by Crippen LogP contribution is -2.42. The summed E-state index contributed by atoms with van der Waals surface area (Å²) >= 11 is 7.21. The minimum absolute atomic E-state index is 0.152. The third-order valence-corrected chi connectivity index (χ3v) is 4.13. The molecule has 0 radical (unpaired) electrons. The number of rotatable bonds is 7. The summed E-state index contributed by atoms with van der Waals surface area (Å²) in [4.78, 5) is 17.2. The lowest BCUT2D eigenvalue weighted by molar-refractivity contribution is 0.0892. The first-order chi connectivity index (χ1) is 8.43. The number of thiophene rings is 1. The number of hydrogen-bond acceptors (Lipinski definition) is 4. The molecule has 1 heterocycles. The minimum atomic E-state index is 0.152. The van der Waals surface area contributed by atoms with Crippen molar-refractivity contribution >= 4 is 28.7 Å². The maximum absolute atomic E-state index is 12.1. The first-order valence-electron chi connectivity index (χ1n) is 6.11. The molecule has 102 valence electrons. The second kappa shape index (κ2) is 7.24. The second-order valence-electron chi connectivity index (χ2n) is 4.70. The van der Waals surface area contributed by atoms with Crippen molar-refractivity contribution in [2.24, 2.45) is 0 Å². The van der Waals surface area contributed by atoms with E-state index in [4.69, 9.17) is 11.6 Å². The van der Waals surface area contributed by atoms with Gasteiger partial charge >= 0.3 is 0 Å². The Morgan fingerprint density at radius 2 is 2.11 bits per heavy atom. The highest BCUT2D eigenvalue weighted by Gasteiger charge is 2.18. The Hall–Kier alpha value is -0.420. The second-order valence-corrected chi connectivity index (χ2v) is 6.42. The van der Waals surface area contributed by atoms with E-state index in [1.54, 1.807) is 12.1 Å². The normalized spacial score (nSPS) is 13.3. The zero-order valence-corrected chi connectivity index (χ0v) is 13.0. The molecule has 1 rings (SSSR count). The van der Waals surface area contributed by atoms with Crippen LogP contribution in [0.4, 0.5) is 0 Å². The molecule has 0 aliphatic carbocycles. The summed E-state index contributed by atoms with van der Waals surface area (Å²) in [5.74, 6) is 0.152. The van der Waals surface area contributed by atoms with Crippen LogP contribution in [-0.4, -0.2) is 55.4 Å². The Bertz CT molecular complexity index is 392. The predicted octanol–water partition coefficient (Wildman–Crippen LogP) is 2.86. The van der Waals surface area contributed by atoms with Crippen LogP contribution in [0, 0.1) is 0 Å². The number of halogens is 1. The molecule has 5 heteroatoms. The van der Waals surface area contributed by atoms with E-state index in [-0.39, 0.29) is 5.78 Å². The molecule has 18 heavy (non-hydrogen) atoms. The van der Waals surface area contributed by atoms with Gasteiger partial charge in [-0.1, -0.05) is 18.5 Å².